The molecule has 0 radical (unpaired) electrons. The molecule has 0 saturated carbocycles. The average Bonchev–Trinajstić information content (AvgIpc) is 3.10. The molecule has 0 aliphatic carbocycles. The Bertz CT molecular complexity index is 859. The van der Waals surface area contributed by atoms with Crippen molar-refractivity contribution < 1.29 is 4.79 Å². The van der Waals surface area contributed by atoms with E-state index in [1.807, 2.05) is 85.5 Å². The summed E-state index contributed by atoms with van der Waals surface area (Å²) in [4.78, 5) is 19.1. The van der Waals surface area contributed by atoms with Crippen molar-refractivity contribution in [3.8, 4) is 16.9 Å². The predicted octanol–water partition coefficient (Wildman–Crippen LogP) is 2.63. The number of aromatic nitrogens is 2. The molecule has 1 heterocycles. The van der Waals surface area contributed by atoms with Gasteiger partial charge in [-0.3, -0.25) is 14.7 Å². The molecule has 3 rings (SSSR count). The molecule has 27 heavy (non-hydrogen) atoms. The van der Waals surface area contributed by atoms with Crippen LogP contribution in [0.4, 0.5) is 5.95 Å². The number of carbonyl (C=O) groups excluding carboxylic acids is 1. The summed E-state index contributed by atoms with van der Waals surface area (Å²) in [5.41, 5.74) is 2.77. The highest BCUT2D eigenvalue weighted by atomic mass is 16.2. The average molecular weight is 363 g/mol. The number of nitrogens with one attached hydrogen (secondary N) is 2. The van der Waals surface area contributed by atoms with E-state index in [1.54, 1.807) is 0 Å². The summed E-state index contributed by atoms with van der Waals surface area (Å²) in [7, 11) is 4.01. The maximum Gasteiger partial charge on any atom is 0.240 e. The van der Waals surface area contributed by atoms with E-state index in [9.17, 15) is 4.79 Å². The number of nitrogens with zero attached hydrogens (tertiary/aromatic N) is 3. The SMILES string of the molecule is CN(C)CCNCC(=O)Nc1nc(-c2ccccc2)cn1-c1ccccc1. The zero-order valence-corrected chi connectivity index (χ0v) is 15.7. The summed E-state index contributed by atoms with van der Waals surface area (Å²) in [6.45, 7) is 1.88. The number of para-hydroxylation sites is 1. The van der Waals surface area contributed by atoms with Crippen molar-refractivity contribution >= 4 is 11.9 Å². The molecular weight excluding hydrogens is 338 g/mol. The van der Waals surface area contributed by atoms with Gasteiger partial charge in [0.05, 0.1) is 12.2 Å². The quantitative estimate of drug-likeness (QED) is 0.604. The number of hydrogen-bond donors (Lipinski definition) is 2. The van der Waals surface area contributed by atoms with Gasteiger partial charge in [-0.15, -0.1) is 0 Å². The van der Waals surface area contributed by atoms with E-state index in [0.717, 1.165) is 30.0 Å². The van der Waals surface area contributed by atoms with Gasteiger partial charge in [0.2, 0.25) is 11.9 Å². The van der Waals surface area contributed by atoms with Gasteiger partial charge in [-0.25, -0.2) is 4.98 Å². The van der Waals surface area contributed by atoms with Crippen LogP contribution in [0.2, 0.25) is 0 Å². The molecule has 0 saturated heterocycles. The first-order valence-corrected chi connectivity index (χ1v) is 8.99. The van der Waals surface area contributed by atoms with E-state index < -0.39 is 0 Å². The van der Waals surface area contributed by atoms with Gasteiger partial charge in [-0.2, -0.15) is 0 Å². The van der Waals surface area contributed by atoms with Crippen LogP contribution in [0, 0.1) is 0 Å². The zero-order chi connectivity index (χ0) is 19.1. The van der Waals surface area contributed by atoms with Crippen LogP contribution in [0.5, 0.6) is 0 Å². The first-order valence-electron chi connectivity index (χ1n) is 8.99. The summed E-state index contributed by atoms with van der Waals surface area (Å²) in [5.74, 6) is 0.399. The van der Waals surface area contributed by atoms with Crippen LogP contribution >= 0.6 is 0 Å². The Morgan fingerprint density at radius 1 is 1.04 bits per heavy atom. The van der Waals surface area contributed by atoms with Gasteiger partial charge in [-0.05, 0) is 26.2 Å². The highest BCUT2D eigenvalue weighted by molar-refractivity contribution is 5.91. The third kappa shape index (κ3) is 5.26. The lowest BCUT2D eigenvalue weighted by Gasteiger charge is -2.11. The van der Waals surface area contributed by atoms with Crippen LogP contribution in [0.1, 0.15) is 0 Å². The Hall–Kier alpha value is -2.96. The highest BCUT2D eigenvalue weighted by Crippen LogP contribution is 2.24. The van der Waals surface area contributed by atoms with Gasteiger partial charge in [0.1, 0.15) is 0 Å². The molecule has 1 amide bonds. The second-order valence-corrected chi connectivity index (χ2v) is 6.55. The molecule has 6 heteroatoms. The molecule has 0 aliphatic heterocycles. The molecule has 0 spiro atoms. The number of carbonyl (C=O) groups is 1. The van der Waals surface area contributed by atoms with E-state index in [4.69, 9.17) is 0 Å². The summed E-state index contributed by atoms with van der Waals surface area (Å²) in [6, 6.07) is 19.8. The summed E-state index contributed by atoms with van der Waals surface area (Å²) in [5, 5.41) is 6.07. The fourth-order valence-electron chi connectivity index (χ4n) is 2.68. The van der Waals surface area contributed by atoms with Gasteiger partial charge in [0.25, 0.3) is 0 Å². The van der Waals surface area contributed by atoms with Crippen LogP contribution < -0.4 is 10.6 Å². The molecule has 1 aromatic heterocycles. The molecule has 3 aromatic rings. The van der Waals surface area contributed by atoms with E-state index in [0.29, 0.717) is 5.95 Å². The maximum absolute atomic E-state index is 12.3. The van der Waals surface area contributed by atoms with E-state index in [2.05, 4.69) is 20.5 Å². The van der Waals surface area contributed by atoms with Crippen molar-refractivity contribution in [2.75, 3.05) is 39.0 Å². The Kier molecular flexibility index (Phi) is 6.35. The molecule has 0 fully saturated rings. The van der Waals surface area contributed by atoms with Crippen molar-refractivity contribution in [1.82, 2.24) is 19.8 Å². The van der Waals surface area contributed by atoms with Crippen LogP contribution in [-0.4, -0.2) is 54.1 Å². The number of imidazole rings is 1. The van der Waals surface area contributed by atoms with Crippen LogP contribution in [0.3, 0.4) is 0 Å². The van der Waals surface area contributed by atoms with Gasteiger partial charge >= 0.3 is 0 Å². The first kappa shape index (κ1) is 18.8. The Labute approximate surface area is 159 Å². The lowest BCUT2D eigenvalue weighted by atomic mass is 10.2. The number of anilines is 1. The van der Waals surface area contributed by atoms with Gasteiger partial charge in [0.15, 0.2) is 0 Å². The smallest absolute Gasteiger partial charge is 0.240 e. The number of benzene rings is 2. The summed E-state index contributed by atoms with van der Waals surface area (Å²) in [6.07, 6.45) is 1.94. The molecular formula is C21H25N5O. The molecule has 0 unspecified atom stereocenters. The number of likely N-dealkylation sites (N-methyl/N-ethyl adjacent to an activating group) is 1. The molecule has 0 aliphatic rings. The molecule has 0 atom stereocenters. The van der Waals surface area contributed by atoms with E-state index in [-0.39, 0.29) is 12.5 Å². The third-order valence-electron chi connectivity index (χ3n) is 4.08. The van der Waals surface area contributed by atoms with Crippen molar-refractivity contribution in [1.29, 1.82) is 0 Å². The summed E-state index contributed by atoms with van der Waals surface area (Å²) < 4.78 is 1.90. The number of hydrogen-bond acceptors (Lipinski definition) is 4. The number of rotatable bonds is 8. The van der Waals surface area contributed by atoms with Crippen molar-refractivity contribution in [2.24, 2.45) is 0 Å². The zero-order valence-electron chi connectivity index (χ0n) is 15.7. The van der Waals surface area contributed by atoms with Crippen LogP contribution in [0.15, 0.2) is 66.9 Å². The first-order chi connectivity index (χ1) is 13.1. The third-order valence-corrected chi connectivity index (χ3v) is 4.08. The van der Waals surface area contributed by atoms with Gasteiger partial charge in [-0.1, -0.05) is 48.5 Å². The van der Waals surface area contributed by atoms with Crippen molar-refractivity contribution in [2.45, 2.75) is 0 Å². The fourth-order valence-corrected chi connectivity index (χ4v) is 2.68. The van der Waals surface area contributed by atoms with Crippen molar-refractivity contribution in [3.05, 3.63) is 66.9 Å². The Morgan fingerprint density at radius 2 is 1.70 bits per heavy atom. The second-order valence-electron chi connectivity index (χ2n) is 6.55. The fraction of sp³-hybridized carbons (Fsp3) is 0.238. The topological polar surface area (TPSA) is 62.2 Å². The lowest BCUT2D eigenvalue weighted by Crippen LogP contribution is -2.33. The maximum atomic E-state index is 12.3. The predicted molar refractivity (Wildman–Crippen MR) is 109 cm³/mol. The van der Waals surface area contributed by atoms with E-state index in [1.165, 1.54) is 0 Å². The summed E-state index contributed by atoms with van der Waals surface area (Å²) >= 11 is 0. The van der Waals surface area contributed by atoms with Crippen LogP contribution in [-0.2, 0) is 4.79 Å². The minimum atomic E-state index is -0.115. The Balaban J connectivity index is 1.78. The van der Waals surface area contributed by atoms with Crippen LogP contribution in [0.25, 0.3) is 16.9 Å². The van der Waals surface area contributed by atoms with Gasteiger partial charge < -0.3 is 10.2 Å². The second kappa shape index (κ2) is 9.12. The monoisotopic (exact) mass is 363 g/mol. The van der Waals surface area contributed by atoms with Crippen molar-refractivity contribution in [3.63, 3.8) is 0 Å². The van der Waals surface area contributed by atoms with Gasteiger partial charge in [0, 0.05) is 30.5 Å². The minimum absolute atomic E-state index is 0.115. The molecule has 140 valence electrons. The minimum Gasteiger partial charge on any atom is -0.308 e. The molecule has 2 N–H and O–H groups in total. The standard InChI is InChI=1S/C21H25N5O/c1-25(2)14-13-22-15-20(27)24-21-23-19(17-9-5-3-6-10-17)16-26(21)18-11-7-4-8-12-18/h3-12,16,22H,13-15H2,1-2H3,(H,23,24,27). The lowest BCUT2D eigenvalue weighted by molar-refractivity contribution is -0.115. The molecule has 0 bridgehead atoms. The Morgan fingerprint density at radius 3 is 2.37 bits per heavy atom. The molecule has 6 nitrogen and oxygen atoms in total. The largest absolute Gasteiger partial charge is 0.308 e. The van der Waals surface area contributed by atoms with E-state index >= 15 is 0 Å². The normalized spacial score (nSPS) is 10.9. The molecule has 2 aromatic carbocycles. The highest BCUT2D eigenvalue weighted by Gasteiger charge is 2.13. The number of amides is 1.